The molecule has 126 valence electrons. The highest BCUT2D eigenvalue weighted by Gasteiger charge is 2.27. The Hall–Kier alpha value is -2.97. The Kier molecular flexibility index (Phi) is 4.41. The van der Waals surface area contributed by atoms with Gasteiger partial charge in [0.1, 0.15) is 12.2 Å². The summed E-state index contributed by atoms with van der Waals surface area (Å²) in [6.45, 7) is 0.923. The molecule has 1 aliphatic heterocycles. The standard InChI is InChI=1S/C15H17N5O4/c21-13-7-16-12(6-17-13)15(24)19-4-1-2-10(8-19)11-3-5-20(18-11)9-14(22)23/h3,5-7,10H,1-2,4,8-9H2,(H,17,21)(H,22,23). The molecule has 24 heavy (non-hydrogen) atoms. The molecule has 0 bridgehead atoms. The number of aliphatic carboxylic acids is 1. The monoisotopic (exact) mass is 331 g/mol. The van der Waals surface area contributed by atoms with E-state index < -0.39 is 5.97 Å². The summed E-state index contributed by atoms with van der Waals surface area (Å²) < 4.78 is 1.38. The zero-order chi connectivity index (χ0) is 17.1. The summed E-state index contributed by atoms with van der Waals surface area (Å²) in [5, 5.41) is 13.1. The van der Waals surface area contributed by atoms with Gasteiger partial charge in [-0.1, -0.05) is 0 Å². The van der Waals surface area contributed by atoms with E-state index in [2.05, 4.69) is 15.1 Å². The molecule has 2 aromatic heterocycles. The minimum atomic E-state index is -0.950. The second kappa shape index (κ2) is 6.65. The van der Waals surface area contributed by atoms with Gasteiger partial charge < -0.3 is 15.0 Å². The smallest absolute Gasteiger partial charge is 0.325 e. The number of amides is 1. The number of likely N-dealkylation sites (tertiary alicyclic amines) is 1. The number of H-pyrrole nitrogens is 1. The van der Waals surface area contributed by atoms with Crippen molar-refractivity contribution in [3.8, 4) is 0 Å². The van der Waals surface area contributed by atoms with E-state index in [0.29, 0.717) is 13.1 Å². The van der Waals surface area contributed by atoms with Gasteiger partial charge in [0, 0.05) is 31.4 Å². The normalized spacial score (nSPS) is 17.7. The lowest BCUT2D eigenvalue weighted by atomic mass is 9.95. The first kappa shape index (κ1) is 15.9. The quantitative estimate of drug-likeness (QED) is 0.818. The van der Waals surface area contributed by atoms with Crippen LogP contribution in [0.2, 0.25) is 0 Å². The predicted octanol–water partition coefficient (Wildman–Crippen LogP) is 0.0708. The third kappa shape index (κ3) is 3.50. The van der Waals surface area contributed by atoms with Crippen molar-refractivity contribution in [3.05, 3.63) is 46.4 Å². The molecule has 0 aliphatic carbocycles. The van der Waals surface area contributed by atoms with Crippen LogP contribution in [-0.2, 0) is 11.3 Å². The van der Waals surface area contributed by atoms with Crippen molar-refractivity contribution >= 4 is 11.9 Å². The summed E-state index contributed by atoms with van der Waals surface area (Å²) in [5.74, 6) is -1.13. The number of carbonyl (C=O) groups is 2. The van der Waals surface area contributed by atoms with Gasteiger partial charge in [-0.05, 0) is 18.9 Å². The number of aromatic nitrogens is 4. The number of nitrogens with one attached hydrogen (secondary N) is 1. The van der Waals surface area contributed by atoms with Crippen LogP contribution in [0.25, 0.3) is 0 Å². The SMILES string of the molecule is O=C(O)Cn1ccc(C2CCCN(C(=O)c3c[nH]c(=O)cn3)C2)n1. The van der Waals surface area contributed by atoms with Crippen LogP contribution in [0.3, 0.4) is 0 Å². The Morgan fingerprint density at radius 3 is 2.96 bits per heavy atom. The minimum absolute atomic E-state index is 0.0560. The van der Waals surface area contributed by atoms with Gasteiger partial charge in [0.2, 0.25) is 0 Å². The third-order valence-corrected chi connectivity index (χ3v) is 3.98. The van der Waals surface area contributed by atoms with E-state index >= 15 is 0 Å². The van der Waals surface area contributed by atoms with Gasteiger partial charge in [0.05, 0.1) is 11.9 Å². The lowest BCUT2D eigenvalue weighted by Crippen LogP contribution is -2.39. The van der Waals surface area contributed by atoms with Crippen molar-refractivity contribution in [3.63, 3.8) is 0 Å². The first-order chi connectivity index (χ1) is 11.5. The lowest BCUT2D eigenvalue weighted by molar-refractivity contribution is -0.137. The van der Waals surface area contributed by atoms with Gasteiger partial charge in [-0.3, -0.25) is 19.1 Å². The van der Waals surface area contributed by atoms with E-state index in [4.69, 9.17) is 5.11 Å². The van der Waals surface area contributed by atoms with Crippen molar-refractivity contribution < 1.29 is 14.7 Å². The molecule has 2 N–H and O–H groups in total. The number of rotatable bonds is 4. The molecule has 1 amide bonds. The summed E-state index contributed by atoms with van der Waals surface area (Å²) in [6, 6.07) is 1.79. The zero-order valence-corrected chi connectivity index (χ0v) is 12.9. The minimum Gasteiger partial charge on any atom is -0.480 e. The summed E-state index contributed by atoms with van der Waals surface area (Å²) in [5.41, 5.74) is 0.627. The van der Waals surface area contributed by atoms with Gasteiger partial charge >= 0.3 is 5.97 Å². The molecule has 9 heteroatoms. The molecule has 1 aliphatic rings. The van der Waals surface area contributed by atoms with Crippen molar-refractivity contribution in [1.82, 2.24) is 24.6 Å². The molecule has 1 fully saturated rings. The Morgan fingerprint density at radius 1 is 1.42 bits per heavy atom. The largest absolute Gasteiger partial charge is 0.480 e. The number of hydrogen-bond acceptors (Lipinski definition) is 5. The summed E-state index contributed by atoms with van der Waals surface area (Å²) >= 11 is 0. The van der Waals surface area contributed by atoms with Crippen LogP contribution in [0, 0.1) is 0 Å². The van der Waals surface area contributed by atoms with E-state index in [1.807, 2.05) is 0 Å². The van der Waals surface area contributed by atoms with E-state index in [1.54, 1.807) is 17.2 Å². The number of nitrogens with zero attached hydrogens (tertiary/aromatic N) is 4. The third-order valence-electron chi connectivity index (χ3n) is 3.98. The molecule has 9 nitrogen and oxygen atoms in total. The van der Waals surface area contributed by atoms with Gasteiger partial charge in [0.15, 0.2) is 0 Å². The van der Waals surface area contributed by atoms with E-state index in [9.17, 15) is 14.4 Å². The second-order valence-electron chi connectivity index (χ2n) is 5.72. The zero-order valence-electron chi connectivity index (χ0n) is 12.9. The van der Waals surface area contributed by atoms with Crippen LogP contribution >= 0.6 is 0 Å². The lowest BCUT2D eigenvalue weighted by Gasteiger charge is -2.31. The fraction of sp³-hybridized carbons (Fsp3) is 0.400. The topological polar surface area (TPSA) is 121 Å². The maximum absolute atomic E-state index is 12.5. The fourth-order valence-electron chi connectivity index (χ4n) is 2.85. The Bertz CT molecular complexity index is 792. The molecular weight excluding hydrogens is 314 g/mol. The predicted molar refractivity (Wildman–Crippen MR) is 82.6 cm³/mol. The van der Waals surface area contributed by atoms with Crippen molar-refractivity contribution in [1.29, 1.82) is 0 Å². The number of carbonyl (C=O) groups excluding carboxylic acids is 1. The highest BCUT2D eigenvalue weighted by atomic mass is 16.4. The molecule has 0 radical (unpaired) electrons. The highest BCUT2D eigenvalue weighted by molar-refractivity contribution is 5.92. The van der Waals surface area contributed by atoms with Gasteiger partial charge in [0.25, 0.3) is 11.5 Å². The van der Waals surface area contributed by atoms with Gasteiger partial charge in [-0.15, -0.1) is 0 Å². The van der Waals surface area contributed by atoms with Crippen LogP contribution in [0.5, 0.6) is 0 Å². The fourth-order valence-corrected chi connectivity index (χ4v) is 2.85. The van der Waals surface area contributed by atoms with Crippen molar-refractivity contribution in [2.75, 3.05) is 13.1 Å². The maximum atomic E-state index is 12.5. The van der Waals surface area contributed by atoms with Crippen molar-refractivity contribution in [2.45, 2.75) is 25.3 Å². The number of carboxylic acids is 1. The number of carboxylic acid groups (broad SMARTS) is 1. The Morgan fingerprint density at radius 2 is 2.25 bits per heavy atom. The average molecular weight is 331 g/mol. The van der Waals surface area contributed by atoms with Crippen LogP contribution in [-0.4, -0.2) is 54.7 Å². The van der Waals surface area contributed by atoms with Crippen molar-refractivity contribution in [2.24, 2.45) is 0 Å². The number of hydrogen-bond donors (Lipinski definition) is 2. The highest BCUT2D eigenvalue weighted by Crippen LogP contribution is 2.26. The van der Waals surface area contributed by atoms with E-state index in [1.165, 1.54) is 10.9 Å². The summed E-state index contributed by atoms with van der Waals surface area (Å²) in [4.78, 5) is 42.2. The Labute approximate surface area is 136 Å². The summed E-state index contributed by atoms with van der Waals surface area (Å²) in [7, 11) is 0. The Balaban J connectivity index is 1.70. The van der Waals surface area contributed by atoms with Gasteiger partial charge in [-0.2, -0.15) is 5.10 Å². The first-order valence-electron chi connectivity index (χ1n) is 7.62. The first-order valence-corrected chi connectivity index (χ1v) is 7.62. The second-order valence-corrected chi connectivity index (χ2v) is 5.72. The molecule has 3 rings (SSSR count). The molecule has 3 heterocycles. The van der Waals surface area contributed by atoms with Crippen LogP contribution in [0.4, 0.5) is 0 Å². The number of aromatic amines is 1. The molecule has 1 unspecified atom stereocenters. The van der Waals surface area contributed by atoms with E-state index in [0.717, 1.165) is 24.7 Å². The average Bonchev–Trinajstić information content (AvgIpc) is 3.03. The van der Waals surface area contributed by atoms with E-state index in [-0.39, 0.29) is 29.6 Å². The molecule has 0 spiro atoms. The van der Waals surface area contributed by atoms with Crippen LogP contribution < -0.4 is 5.56 Å². The summed E-state index contributed by atoms with van der Waals surface area (Å²) in [6.07, 6.45) is 5.74. The molecule has 1 atom stereocenters. The molecule has 1 saturated heterocycles. The van der Waals surface area contributed by atoms with Crippen LogP contribution in [0.1, 0.15) is 34.9 Å². The molecule has 0 saturated carbocycles. The number of piperidine rings is 1. The maximum Gasteiger partial charge on any atom is 0.325 e. The molecular formula is C15H17N5O4. The molecule has 0 aromatic carbocycles. The van der Waals surface area contributed by atoms with Gasteiger partial charge in [-0.25, -0.2) is 4.98 Å². The molecule has 2 aromatic rings. The van der Waals surface area contributed by atoms with Crippen LogP contribution in [0.15, 0.2) is 29.5 Å².